The number of carbonyl (C=O) groups is 3. The molecule has 8 nitrogen and oxygen atoms in total. The number of carboxylic acids is 1. The number of nitrogens with one attached hydrogen (secondary N) is 2. The van der Waals surface area contributed by atoms with Crippen LogP contribution >= 0.6 is 0 Å². The summed E-state index contributed by atoms with van der Waals surface area (Å²) in [6.07, 6.45) is -0.672. The largest absolute Gasteiger partial charge is 0.497 e. The molecule has 29 heavy (non-hydrogen) atoms. The van der Waals surface area contributed by atoms with Crippen LogP contribution in [0.5, 0.6) is 5.75 Å². The van der Waals surface area contributed by atoms with E-state index in [4.69, 9.17) is 9.47 Å². The van der Waals surface area contributed by atoms with Crippen molar-refractivity contribution >= 4 is 18.0 Å². The normalized spacial score (nSPS) is 12.3. The topological polar surface area (TPSA) is 114 Å². The number of methoxy groups -OCH3 is 1. The lowest BCUT2D eigenvalue weighted by Crippen LogP contribution is -2.51. The third kappa shape index (κ3) is 7.17. The van der Waals surface area contributed by atoms with Gasteiger partial charge in [-0.2, -0.15) is 0 Å². The maximum atomic E-state index is 12.3. The second-order valence-electron chi connectivity index (χ2n) is 6.38. The summed E-state index contributed by atoms with van der Waals surface area (Å²) < 4.78 is 10.1. The maximum absolute atomic E-state index is 12.3. The first-order chi connectivity index (χ1) is 13.9. The number of benzene rings is 2. The van der Waals surface area contributed by atoms with Crippen molar-refractivity contribution in [3.63, 3.8) is 0 Å². The Morgan fingerprint density at radius 3 is 2.21 bits per heavy atom. The van der Waals surface area contributed by atoms with Crippen LogP contribution in [-0.2, 0) is 27.4 Å². The Morgan fingerprint density at radius 1 is 0.966 bits per heavy atom. The molecule has 0 aromatic heterocycles. The minimum Gasteiger partial charge on any atom is -0.497 e. The van der Waals surface area contributed by atoms with Crippen LogP contribution in [0.15, 0.2) is 54.6 Å². The molecule has 0 fully saturated rings. The Labute approximate surface area is 168 Å². The fourth-order valence-electron chi connectivity index (χ4n) is 2.50. The van der Waals surface area contributed by atoms with E-state index in [0.717, 1.165) is 11.1 Å². The summed E-state index contributed by atoms with van der Waals surface area (Å²) in [6.45, 7) is 1.52. The molecule has 2 amide bonds. The van der Waals surface area contributed by atoms with Crippen LogP contribution in [0.25, 0.3) is 0 Å². The lowest BCUT2D eigenvalue weighted by Gasteiger charge is -2.19. The first kappa shape index (κ1) is 21.7. The summed E-state index contributed by atoms with van der Waals surface area (Å²) in [5.41, 5.74) is 1.53. The molecule has 154 valence electrons. The summed E-state index contributed by atoms with van der Waals surface area (Å²) in [5, 5.41) is 14.2. The smallest absolute Gasteiger partial charge is 0.408 e. The van der Waals surface area contributed by atoms with Crippen molar-refractivity contribution in [1.29, 1.82) is 0 Å². The zero-order valence-electron chi connectivity index (χ0n) is 16.3. The average Bonchev–Trinajstić information content (AvgIpc) is 2.72. The van der Waals surface area contributed by atoms with Gasteiger partial charge in [-0.25, -0.2) is 9.59 Å². The van der Waals surface area contributed by atoms with Crippen LogP contribution in [0.4, 0.5) is 4.79 Å². The molecule has 0 aliphatic carbocycles. The Morgan fingerprint density at radius 2 is 1.62 bits per heavy atom. The van der Waals surface area contributed by atoms with Gasteiger partial charge in [0, 0.05) is 6.42 Å². The van der Waals surface area contributed by atoms with E-state index in [9.17, 15) is 19.5 Å². The summed E-state index contributed by atoms with van der Waals surface area (Å²) >= 11 is 0. The quantitative estimate of drug-likeness (QED) is 0.594. The standard InChI is InChI=1S/C21H24N2O6/c1-14(22-21(27)29-13-16-6-4-3-5-7-16)19(24)23-18(20(25)26)12-15-8-10-17(28-2)11-9-15/h3-11,14,18H,12-13H2,1-2H3,(H,22,27)(H,23,24)(H,25,26)/t14-,18?/m1/s1. The zero-order chi connectivity index (χ0) is 21.2. The van der Waals surface area contributed by atoms with Crippen LogP contribution in [0, 0.1) is 0 Å². The highest BCUT2D eigenvalue weighted by Crippen LogP contribution is 2.13. The molecule has 2 aromatic rings. The maximum Gasteiger partial charge on any atom is 0.408 e. The van der Waals surface area contributed by atoms with Gasteiger partial charge in [0.15, 0.2) is 0 Å². The number of hydrogen-bond acceptors (Lipinski definition) is 5. The van der Waals surface area contributed by atoms with Gasteiger partial charge in [0.25, 0.3) is 0 Å². The van der Waals surface area contributed by atoms with Crippen LogP contribution in [0.2, 0.25) is 0 Å². The van der Waals surface area contributed by atoms with E-state index in [1.165, 1.54) is 14.0 Å². The lowest BCUT2D eigenvalue weighted by molar-refractivity contribution is -0.142. The molecule has 0 aliphatic heterocycles. The average molecular weight is 400 g/mol. The molecule has 0 saturated heterocycles. The molecule has 8 heteroatoms. The van der Waals surface area contributed by atoms with Gasteiger partial charge in [-0.3, -0.25) is 4.79 Å². The van der Waals surface area contributed by atoms with E-state index in [1.54, 1.807) is 36.4 Å². The van der Waals surface area contributed by atoms with Crippen molar-refractivity contribution in [2.45, 2.75) is 32.0 Å². The van der Waals surface area contributed by atoms with Crippen LogP contribution in [-0.4, -0.2) is 42.3 Å². The fourth-order valence-corrected chi connectivity index (χ4v) is 2.50. The van der Waals surface area contributed by atoms with E-state index in [2.05, 4.69) is 10.6 Å². The summed E-state index contributed by atoms with van der Waals surface area (Å²) in [6, 6.07) is 13.9. The highest BCUT2D eigenvalue weighted by atomic mass is 16.5. The zero-order valence-corrected chi connectivity index (χ0v) is 16.3. The molecule has 1 unspecified atom stereocenters. The predicted octanol–water partition coefficient (Wildman–Crippen LogP) is 2.12. The van der Waals surface area contributed by atoms with Gasteiger partial charge in [-0.15, -0.1) is 0 Å². The van der Waals surface area contributed by atoms with Gasteiger partial charge in [0.2, 0.25) is 5.91 Å². The minimum absolute atomic E-state index is 0.0657. The number of rotatable bonds is 9. The molecule has 0 saturated carbocycles. The van der Waals surface area contributed by atoms with E-state index in [0.29, 0.717) is 5.75 Å². The van der Waals surface area contributed by atoms with Crippen molar-refractivity contribution in [3.05, 3.63) is 65.7 Å². The molecular weight excluding hydrogens is 376 g/mol. The van der Waals surface area contributed by atoms with E-state index in [-0.39, 0.29) is 13.0 Å². The van der Waals surface area contributed by atoms with Crippen LogP contribution in [0.1, 0.15) is 18.1 Å². The third-order valence-corrected chi connectivity index (χ3v) is 4.15. The van der Waals surface area contributed by atoms with Crippen molar-refractivity contribution in [1.82, 2.24) is 10.6 Å². The first-order valence-corrected chi connectivity index (χ1v) is 9.02. The molecule has 0 bridgehead atoms. The van der Waals surface area contributed by atoms with Gasteiger partial charge in [0.1, 0.15) is 24.4 Å². The molecule has 0 radical (unpaired) electrons. The highest BCUT2D eigenvalue weighted by Gasteiger charge is 2.24. The molecule has 2 aromatic carbocycles. The molecule has 2 atom stereocenters. The summed E-state index contributed by atoms with van der Waals surface area (Å²) in [4.78, 5) is 35.7. The summed E-state index contributed by atoms with van der Waals surface area (Å²) in [7, 11) is 1.54. The van der Waals surface area contributed by atoms with Crippen LogP contribution < -0.4 is 15.4 Å². The van der Waals surface area contributed by atoms with Crippen molar-refractivity contribution in [2.75, 3.05) is 7.11 Å². The molecule has 3 N–H and O–H groups in total. The Hall–Kier alpha value is -3.55. The SMILES string of the molecule is COc1ccc(CC(NC(=O)[C@@H](C)NC(=O)OCc2ccccc2)C(=O)O)cc1. The number of amides is 2. The number of aliphatic carboxylic acids is 1. The third-order valence-electron chi connectivity index (χ3n) is 4.15. The van der Waals surface area contributed by atoms with Crippen molar-refractivity contribution < 1.29 is 29.0 Å². The Balaban J connectivity index is 1.85. The predicted molar refractivity (Wildman–Crippen MR) is 105 cm³/mol. The van der Waals surface area contributed by atoms with Gasteiger partial charge in [-0.05, 0) is 30.2 Å². The second kappa shape index (κ2) is 10.7. The van der Waals surface area contributed by atoms with E-state index in [1.807, 2.05) is 18.2 Å². The summed E-state index contributed by atoms with van der Waals surface area (Å²) in [5.74, 6) is -1.15. The number of alkyl carbamates (subject to hydrolysis) is 1. The Bertz CT molecular complexity index is 823. The molecule has 0 spiro atoms. The van der Waals surface area contributed by atoms with Gasteiger partial charge in [0.05, 0.1) is 7.11 Å². The van der Waals surface area contributed by atoms with Crippen LogP contribution in [0.3, 0.4) is 0 Å². The second-order valence-corrected chi connectivity index (χ2v) is 6.38. The van der Waals surface area contributed by atoms with Gasteiger partial charge < -0.3 is 25.2 Å². The monoisotopic (exact) mass is 400 g/mol. The lowest BCUT2D eigenvalue weighted by atomic mass is 10.1. The highest BCUT2D eigenvalue weighted by molar-refractivity contribution is 5.89. The van der Waals surface area contributed by atoms with Crippen molar-refractivity contribution in [2.24, 2.45) is 0 Å². The minimum atomic E-state index is -1.17. The van der Waals surface area contributed by atoms with E-state index >= 15 is 0 Å². The van der Waals surface area contributed by atoms with Gasteiger partial charge >= 0.3 is 12.1 Å². The molecule has 0 aliphatic rings. The van der Waals surface area contributed by atoms with E-state index < -0.39 is 30.1 Å². The van der Waals surface area contributed by atoms with Gasteiger partial charge in [-0.1, -0.05) is 42.5 Å². The number of hydrogen-bond donors (Lipinski definition) is 3. The first-order valence-electron chi connectivity index (χ1n) is 9.02. The molecule has 0 heterocycles. The Kier molecular flexibility index (Phi) is 8.02. The number of ether oxygens (including phenoxy) is 2. The fraction of sp³-hybridized carbons (Fsp3) is 0.286. The molecular formula is C21H24N2O6. The molecule has 2 rings (SSSR count). The van der Waals surface area contributed by atoms with Crippen molar-refractivity contribution in [3.8, 4) is 5.75 Å². The number of carbonyl (C=O) groups excluding carboxylic acids is 2. The number of carboxylic acid groups (broad SMARTS) is 1.